The molecule has 0 nitrogen and oxygen atoms in total. The molecule has 2 rings (SSSR count). The smallest absolute Gasteiger partial charge is 0.196 e. The van der Waals surface area contributed by atoms with Gasteiger partial charge < -0.3 is 0 Å². The summed E-state index contributed by atoms with van der Waals surface area (Å²) >= 11 is 5.48. The highest BCUT2D eigenvalue weighted by atomic mass is 35.5. The largest absolute Gasteiger partial charge is 0.416 e. The highest BCUT2D eigenvalue weighted by Crippen LogP contribution is 2.45. The molecular weight excluding hydrogens is 380 g/mol. The molecule has 0 bridgehead atoms. The molecule has 1 aliphatic rings. The van der Waals surface area contributed by atoms with Crippen molar-refractivity contribution in [1.29, 1.82) is 0 Å². The van der Waals surface area contributed by atoms with Gasteiger partial charge >= 0.3 is 12.4 Å². The van der Waals surface area contributed by atoms with Crippen molar-refractivity contribution < 1.29 is 35.1 Å². The van der Waals surface area contributed by atoms with E-state index in [2.05, 4.69) is 0 Å². The lowest BCUT2D eigenvalue weighted by Crippen LogP contribution is -2.23. The molecule has 1 unspecified atom stereocenters. The molecular formula is C16H11ClF8. The second-order valence-electron chi connectivity index (χ2n) is 5.77. The SMILES string of the molecule is CC1C=C(C(F)(F)c2cc(Cl)cc(C(F)(F)F)c2)C=C(C(F)(F)F)C1. The van der Waals surface area contributed by atoms with E-state index in [9.17, 15) is 35.1 Å². The molecule has 1 aliphatic carbocycles. The first-order valence-corrected chi connectivity index (χ1v) is 7.35. The summed E-state index contributed by atoms with van der Waals surface area (Å²) in [6.07, 6.45) is -8.99. The van der Waals surface area contributed by atoms with Gasteiger partial charge in [-0.15, -0.1) is 0 Å². The number of hydrogen-bond donors (Lipinski definition) is 0. The molecule has 0 saturated heterocycles. The van der Waals surface area contributed by atoms with Crippen LogP contribution in [0.25, 0.3) is 0 Å². The molecule has 0 aromatic heterocycles. The molecule has 1 aromatic carbocycles. The molecule has 0 fully saturated rings. The van der Waals surface area contributed by atoms with E-state index in [1.165, 1.54) is 6.92 Å². The normalized spacial score (nSPS) is 19.5. The van der Waals surface area contributed by atoms with Crippen molar-refractivity contribution in [3.63, 3.8) is 0 Å². The summed E-state index contributed by atoms with van der Waals surface area (Å²) in [4.78, 5) is 0. The van der Waals surface area contributed by atoms with Crippen LogP contribution in [-0.2, 0) is 12.1 Å². The fourth-order valence-electron chi connectivity index (χ4n) is 2.50. The zero-order chi connectivity index (χ0) is 19.2. The minimum atomic E-state index is -4.92. The van der Waals surface area contributed by atoms with Gasteiger partial charge in [0.05, 0.1) is 5.56 Å². The zero-order valence-corrected chi connectivity index (χ0v) is 13.3. The van der Waals surface area contributed by atoms with Gasteiger partial charge in [-0.1, -0.05) is 24.6 Å². The van der Waals surface area contributed by atoms with Gasteiger partial charge in [0, 0.05) is 21.7 Å². The van der Waals surface area contributed by atoms with Crippen molar-refractivity contribution in [2.45, 2.75) is 31.6 Å². The van der Waals surface area contributed by atoms with Crippen LogP contribution in [0, 0.1) is 5.92 Å². The fraction of sp³-hybridized carbons (Fsp3) is 0.375. The van der Waals surface area contributed by atoms with Crippen LogP contribution in [0.3, 0.4) is 0 Å². The molecule has 138 valence electrons. The number of rotatable bonds is 2. The average molecular weight is 391 g/mol. The molecule has 0 amide bonds. The molecule has 0 radical (unpaired) electrons. The van der Waals surface area contributed by atoms with E-state index in [1.54, 1.807) is 0 Å². The molecule has 0 heterocycles. The summed E-state index contributed by atoms with van der Waals surface area (Å²) < 4.78 is 106. The second kappa shape index (κ2) is 6.30. The number of benzene rings is 1. The van der Waals surface area contributed by atoms with Crippen molar-refractivity contribution in [2.75, 3.05) is 0 Å². The van der Waals surface area contributed by atoms with E-state index >= 15 is 0 Å². The van der Waals surface area contributed by atoms with Crippen LogP contribution in [0.15, 0.2) is 41.5 Å². The summed E-state index contributed by atoms with van der Waals surface area (Å²) in [5.41, 5.74) is -4.69. The molecule has 0 aliphatic heterocycles. The van der Waals surface area contributed by atoms with Crippen molar-refractivity contribution in [1.82, 2.24) is 0 Å². The van der Waals surface area contributed by atoms with Crippen LogP contribution >= 0.6 is 11.6 Å². The lowest BCUT2D eigenvalue weighted by atomic mass is 9.86. The maximum Gasteiger partial charge on any atom is 0.416 e. The van der Waals surface area contributed by atoms with E-state index in [0.717, 1.165) is 6.08 Å². The van der Waals surface area contributed by atoms with Gasteiger partial charge in [-0.25, -0.2) is 0 Å². The second-order valence-corrected chi connectivity index (χ2v) is 6.21. The number of allylic oxidation sites excluding steroid dienone is 4. The number of halogens is 9. The topological polar surface area (TPSA) is 0 Å². The van der Waals surface area contributed by atoms with E-state index < -0.39 is 57.9 Å². The maximum atomic E-state index is 14.6. The first-order chi connectivity index (χ1) is 11.2. The van der Waals surface area contributed by atoms with Crippen LogP contribution in [-0.4, -0.2) is 6.18 Å². The lowest BCUT2D eigenvalue weighted by Gasteiger charge is -2.26. The minimum absolute atomic E-state index is 0.188. The highest BCUT2D eigenvalue weighted by Gasteiger charge is 2.43. The third-order valence-electron chi connectivity index (χ3n) is 3.65. The van der Waals surface area contributed by atoms with Gasteiger partial charge in [0.1, 0.15) is 0 Å². The van der Waals surface area contributed by atoms with Crippen molar-refractivity contribution >= 4 is 11.6 Å². The minimum Gasteiger partial charge on any atom is -0.196 e. The standard InChI is InChI=1S/C16H11ClF8/c1-8-2-9(4-11(3-8)15(20,21)22)14(18,19)10-5-12(16(23,24)25)7-13(17)6-10/h2,4-8H,3H2,1H3. The number of alkyl halides is 8. The van der Waals surface area contributed by atoms with Gasteiger partial charge in [-0.3, -0.25) is 0 Å². The first kappa shape index (κ1) is 19.8. The summed E-state index contributed by atoms with van der Waals surface area (Å²) in [5.74, 6) is -4.90. The summed E-state index contributed by atoms with van der Waals surface area (Å²) in [5, 5.41) is -0.589. The summed E-state index contributed by atoms with van der Waals surface area (Å²) in [6, 6.07) is 1.26. The highest BCUT2D eigenvalue weighted by molar-refractivity contribution is 6.30. The van der Waals surface area contributed by atoms with Gasteiger partial charge in [-0.2, -0.15) is 35.1 Å². The quantitative estimate of drug-likeness (QED) is 0.481. The van der Waals surface area contributed by atoms with Crippen LogP contribution in [0.4, 0.5) is 35.1 Å². The van der Waals surface area contributed by atoms with E-state index in [4.69, 9.17) is 11.6 Å². The summed E-state index contributed by atoms with van der Waals surface area (Å²) in [7, 11) is 0. The fourth-order valence-corrected chi connectivity index (χ4v) is 2.74. The van der Waals surface area contributed by atoms with Crippen LogP contribution < -0.4 is 0 Å². The Hall–Kier alpha value is -1.57. The van der Waals surface area contributed by atoms with Crippen LogP contribution in [0.1, 0.15) is 24.5 Å². The Bertz CT molecular complexity index is 725. The lowest BCUT2D eigenvalue weighted by molar-refractivity contribution is -0.137. The molecule has 0 saturated carbocycles. The average Bonchev–Trinajstić information content (AvgIpc) is 2.44. The Morgan fingerprint density at radius 3 is 1.96 bits per heavy atom. The van der Waals surface area contributed by atoms with E-state index in [0.29, 0.717) is 12.1 Å². The maximum absolute atomic E-state index is 14.6. The molecule has 1 atom stereocenters. The van der Waals surface area contributed by atoms with Gasteiger partial charge in [-0.05, 0) is 36.6 Å². The third kappa shape index (κ3) is 4.34. The van der Waals surface area contributed by atoms with Crippen molar-refractivity contribution in [3.05, 3.63) is 57.6 Å². The zero-order valence-electron chi connectivity index (χ0n) is 12.6. The Labute approximate surface area is 142 Å². The molecule has 0 spiro atoms. The molecule has 1 aromatic rings. The van der Waals surface area contributed by atoms with Gasteiger partial charge in [0.25, 0.3) is 5.92 Å². The molecule has 0 N–H and O–H groups in total. The first-order valence-electron chi connectivity index (χ1n) is 6.97. The van der Waals surface area contributed by atoms with Gasteiger partial charge in [0.2, 0.25) is 0 Å². The Kier molecular flexibility index (Phi) is 4.98. The van der Waals surface area contributed by atoms with Crippen LogP contribution in [0.5, 0.6) is 0 Å². The van der Waals surface area contributed by atoms with E-state index in [-0.39, 0.29) is 12.1 Å². The van der Waals surface area contributed by atoms with Crippen molar-refractivity contribution in [3.8, 4) is 0 Å². The predicted molar refractivity (Wildman–Crippen MR) is 76.4 cm³/mol. The van der Waals surface area contributed by atoms with Crippen LogP contribution in [0.2, 0.25) is 5.02 Å². The van der Waals surface area contributed by atoms with Gasteiger partial charge in [0.15, 0.2) is 0 Å². The monoisotopic (exact) mass is 390 g/mol. The third-order valence-corrected chi connectivity index (χ3v) is 3.87. The Morgan fingerprint density at radius 2 is 1.44 bits per heavy atom. The van der Waals surface area contributed by atoms with E-state index in [1.807, 2.05) is 0 Å². The molecule has 9 heteroatoms. The Morgan fingerprint density at radius 1 is 0.880 bits per heavy atom. The predicted octanol–water partition coefficient (Wildman–Crippen LogP) is 6.91. The number of hydrogen-bond acceptors (Lipinski definition) is 0. The summed E-state index contributed by atoms with van der Waals surface area (Å²) in [6.45, 7) is 1.31. The Balaban J connectivity index is 2.55. The van der Waals surface area contributed by atoms with Crippen molar-refractivity contribution in [2.24, 2.45) is 5.92 Å². The molecule has 25 heavy (non-hydrogen) atoms.